The van der Waals surface area contributed by atoms with Gasteiger partial charge in [0, 0.05) is 17.4 Å². The second kappa shape index (κ2) is 4.32. The minimum absolute atomic E-state index is 0.0438. The Morgan fingerprint density at radius 3 is 2.53 bits per heavy atom. The quantitative estimate of drug-likeness (QED) is 0.637. The molecule has 0 radical (unpaired) electrons. The van der Waals surface area contributed by atoms with E-state index >= 15 is 0 Å². The van der Waals surface area contributed by atoms with E-state index in [1.54, 1.807) is 4.90 Å². The fraction of sp³-hybridized carbons (Fsp3) is 0.909. The maximum absolute atomic E-state index is 11.8. The van der Waals surface area contributed by atoms with Crippen molar-refractivity contribution < 1.29 is 9.53 Å². The molecule has 1 atom stereocenters. The Hall–Kier alpha value is -0.250. The molecule has 0 unspecified atom stereocenters. The average Bonchev–Trinajstić information content (AvgIpc) is 1.99. The van der Waals surface area contributed by atoms with Crippen LogP contribution in [0.5, 0.6) is 0 Å². The Labute approximate surface area is 100 Å². The van der Waals surface area contributed by atoms with Crippen molar-refractivity contribution in [2.75, 3.05) is 13.1 Å². The molecule has 0 bridgehead atoms. The van der Waals surface area contributed by atoms with Gasteiger partial charge in [0.15, 0.2) is 0 Å². The number of nitrogens with zero attached hydrogens (tertiary/aromatic N) is 1. The summed E-state index contributed by atoms with van der Waals surface area (Å²) in [6.07, 6.45) is 1.93. The van der Waals surface area contributed by atoms with Crippen molar-refractivity contribution in [2.24, 2.45) is 0 Å². The number of hydrogen-bond acceptors (Lipinski definition) is 2. The zero-order chi connectivity index (χ0) is 11.7. The number of carbonyl (C=O) groups excluding carboxylic acids is 1. The Morgan fingerprint density at radius 2 is 2.07 bits per heavy atom. The van der Waals surface area contributed by atoms with Crippen molar-refractivity contribution in [2.45, 2.75) is 50.5 Å². The highest BCUT2D eigenvalue weighted by Gasteiger charge is 2.32. The molecule has 1 aliphatic rings. The highest BCUT2D eigenvalue weighted by atomic mass is 79.9. The third-order valence-corrected chi connectivity index (χ3v) is 2.95. The summed E-state index contributed by atoms with van der Waals surface area (Å²) in [5.74, 6) is 0. The molecule has 0 aromatic rings. The predicted molar refractivity (Wildman–Crippen MR) is 64.4 cm³/mol. The lowest BCUT2D eigenvalue weighted by atomic mass is 10.0. The van der Waals surface area contributed by atoms with Crippen LogP contribution in [0, 0.1) is 0 Å². The lowest BCUT2D eigenvalue weighted by Crippen LogP contribution is -2.47. The molecule has 1 saturated heterocycles. The topological polar surface area (TPSA) is 29.5 Å². The van der Waals surface area contributed by atoms with E-state index in [9.17, 15) is 4.79 Å². The van der Waals surface area contributed by atoms with Gasteiger partial charge in [-0.3, -0.25) is 0 Å². The molecule has 1 fully saturated rings. The van der Waals surface area contributed by atoms with Gasteiger partial charge >= 0.3 is 6.09 Å². The van der Waals surface area contributed by atoms with Crippen molar-refractivity contribution >= 4 is 22.0 Å². The van der Waals surface area contributed by atoms with Crippen LogP contribution in [0.15, 0.2) is 0 Å². The van der Waals surface area contributed by atoms with Gasteiger partial charge in [-0.05, 0) is 40.5 Å². The first-order valence-corrected chi connectivity index (χ1v) is 6.16. The van der Waals surface area contributed by atoms with Gasteiger partial charge < -0.3 is 9.64 Å². The third-order valence-electron chi connectivity index (χ3n) is 2.30. The Morgan fingerprint density at radius 1 is 1.47 bits per heavy atom. The van der Waals surface area contributed by atoms with Crippen molar-refractivity contribution in [3.8, 4) is 0 Å². The summed E-state index contributed by atoms with van der Waals surface area (Å²) < 4.78 is 5.38. The number of ether oxygens (including phenoxy) is 1. The first kappa shape index (κ1) is 12.8. The zero-order valence-electron chi connectivity index (χ0n) is 9.97. The smallest absolute Gasteiger partial charge is 0.410 e. The molecule has 1 heterocycles. The number of carbonyl (C=O) groups is 1. The molecular formula is C11H20BrNO2. The van der Waals surface area contributed by atoms with Gasteiger partial charge in [0.25, 0.3) is 0 Å². The van der Waals surface area contributed by atoms with Crippen molar-refractivity contribution in [3.05, 3.63) is 0 Å². The van der Waals surface area contributed by atoms with Gasteiger partial charge in [0.2, 0.25) is 0 Å². The fourth-order valence-electron chi connectivity index (χ4n) is 1.68. The van der Waals surface area contributed by atoms with Crippen LogP contribution < -0.4 is 0 Å². The van der Waals surface area contributed by atoms with Crippen LogP contribution in [-0.2, 0) is 4.74 Å². The van der Waals surface area contributed by atoms with Crippen LogP contribution in [0.4, 0.5) is 4.79 Å². The van der Waals surface area contributed by atoms with Gasteiger partial charge in [-0.15, -0.1) is 0 Å². The molecule has 0 spiro atoms. The van der Waals surface area contributed by atoms with Crippen LogP contribution >= 0.6 is 15.9 Å². The van der Waals surface area contributed by atoms with E-state index in [-0.39, 0.29) is 10.4 Å². The normalized spacial score (nSPS) is 27.7. The molecular weight excluding hydrogens is 258 g/mol. The number of hydrogen-bond donors (Lipinski definition) is 0. The molecule has 0 N–H and O–H groups in total. The fourth-order valence-corrected chi connectivity index (χ4v) is 2.26. The van der Waals surface area contributed by atoms with E-state index in [1.165, 1.54) is 0 Å². The van der Waals surface area contributed by atoms with E-state index < -0.39 is 5.60 Å². The molecule has 1 aliphatic heterocycles. The maximum atomic E-state index is 11.8. The SMILES string of the molecule is CC(C)(C)OC(=O)N1CCC[C@](C)(Br)C1. The van der Waals surface area contributed by atoms with Crippen LogP contribution in [0.3, 0.4) is 0 Å². The van der Waals surface area contributed by atoms with Crippen molar-refractivity contribution in [1.29, 1.82) is 0 Å². The Bertz CT molecular complexity index is 245. The van der Waals surface area contributed by atoms with Crippen LogP contribution in [0.25, 0.3) is 0 Å². The number of halogens is 1. The van der Waals surface area contributed by atoms with E-state index in [0.717, 1.165) is 25.9 Å². The van der Waals surface area contributed by atoms with Crippen molar-refractivity contribution in [3.63, 3.8) is 0 Å². The van der Waals surface area contributed by atoms with Crippen LogP contribution in [0.1, 0.15) is 40.5 Å². The molecule has 0 saturated carbocycles. The number of alkyl halides is 1. The number of rotatable bonds is 0. The molecule has 0 aromatic heterocycles. The number of amides is 1. The lowest BCUT2D eigenvalue weighted by Gasteiger charge is -2.37. The minimum atomic E-state index is -0.406. The van der Waals surface area contributed by atoms with E-state index in [2.05, 4.69) is 22.9 Å². The molecule has 0 aliphatic carbocycles. The van der Waals surface area contributed by atoms with Gasteiger partial charge in [-0.2, -0.15) is 0 Å². The van der Waals surface area contributed by atoms with Gasteiger partial charge in [0.05, 0.1) is 0 Å². The van der Waals surface area contributed by atoms with Gasteiger partial charge in [0.1, 0.15) is 5.60 Å². The minimum Gasteiger partial charge on any atom is -0.444 e. The molecule has 1 rings (SSSR count). The molecule has 1 amide bonds. The molecule has 15 heavy (non-hydrogen) atoms. The highest BCUT2D eigenvalue weighted by Crippen LogP contribution is 2.29. The summed E-state index contributed by atoms with van der Waals surface area (Å²) in [5.41, 5.74) is -0.406. The molecule has 0 aromatic carbocycles. The molecule has 88 valence electrons. The summed E-state index contributed by atoms with van der Waals surface area (Å²) in [4.78, 5) is 13.6. The summed E-state index contributed by atoms with van der Waals surface area (Å²) >= 11 is 3.63. The summed E-state index contributed by atoms with van der Waals surface area (Å²) in [6.45, 7) is 9.31. The van der Waals surface area contributed by atoms with Gasteiger partial charge in [-0.1, -0.05) is 15.9 Å². The Balaban J connectivity index is 2.53. The summed E-state index contributed by atoms with van der Waals surface area (Å²) in [6, 6.07) is 0. The number of likely N-dealkylation sites (tertiary alicyclic amines) is 1. The Kier molecular flexibility index (Phi) is 3.69. The van der Waals surface area contributed by atoms with Crippen LogP contribution in [-0.4, -0.2) is 34.0 Å². The van der Waals surface area contributed by atoms with Crippen LogP contribution in [0.2, 0.25) is 0 Å². The van der Waals surface area contributed by atoms with Gasteiger partial charge in [-0.25, -0.2) is 4.79 Å². The average molecular weight is 278 g/mol. The molecule has 3 nitrogen and oxygen atoms in total. The maximum Gasteiger partial charge on any atom is 0.410 e. The first-order chi connectivity index (χ1) is 6.70. The predicted octanol–water partition coefficient (Wildman–Crippen LogP) is 3.17. The zero-order valence-corrected chi connectivity index (χ0v) is 11.6. The molecule has 4 heteroatoms. The summed E-state index contributed by atoms with van der Waals surface area (Å²) in [7, 11) is 0. The number of piperidine rings is 1. The van der Waals surface area contributed by atoms with Crippen molar-refractivity contribution in [1.82, 2.24) is 4.90 Å². The lowest BCUT2D eigenvalue weighted by molar-refractivity contribution is 0.0194. The second-order valence-corrected chi connectivity index (χ2v) is 7.33. The summed E-state index contributed by atoms with van der Waals surface area (Å²) in [5, 5.41) is 0. The standard InChI is InChI=1S/C11H20BrNO2/c1-10(2,3)15-9(14)13-7-5-6-11(4,12)8-13/h5-8H2,1-4H3/t11-/m0/s1. The third kappa shape index (κ3) is 4.41. The van der Waals surface area contributed by atoms with E-state index in [0.29, 0.717) is 0 Å². The van der Waals surface area contributed by atoms with E-state index in [1.807, 2.05) is 20.8 Å². The first-order valence-electron chi connectivity index (χ1n) is 5.36. The van der Waals surface area contributed by atoms with E-state index in [4.69, 9.17) is 4.74 Å². The monoisotopic (exact) mass is 277 g/mol. The highest BCUT2D eigenvalue weighted by molar-refractivity contribution is 9.10. The second-order valence-electron chi connectivity index (χ2n) is 5.42. The largest absolute Gasteiger partial charge is 0.444 e.